The molecule has 0 saturated heterocycles. The van der Waals surface area contributed by atoms with Crippen molar-refractivity contribution in [3.05, 3.63) is 34.9 Å². The quantitative estimate of drug-likeness (QED) is 0.827. The average molecular weight is 212 g/mol. The van der Waals surface area contributed by atoms with E-state index in [-0.39, 0.29) is 0 Å². The third kappa shape index (κ3) is 3.05. The summed E-state index contributed by atoms with van der Waals surface area (Å²) in [6.45, 7) is 0.836. The highest BCUT2D eigenvalue weighted by molar-refractivity contribution is 6.32. The van der Waals surface area contributed by atoms with E-state index >= 15 is 0 Å². The lowest BCUT2D eigenvalue weighted by Gasteiger charge is -2.02. The molecular formula is C11H14ClNO. The zero-order valence-electron chi connectivity index (χ0n) is 8.38. The fourth-order valence-electron chi connectivity index (χ4n) is 1.07. The number of hydrogen-bond donors (Lipinski definition) is 1. The maximum Gasteiger partial charge on any atom is 0.120 e. The minimum absolute atomic E-state index is 0.705. The Kier molecular flexibility index (Phi) is 4.50. The lowest BCUT2D eigenvalue weighted by molar-refractivity contribution is 0.415. The van der Waals surface area contributed by atoms with Crippen molar-refractivity contribution < 1.29 is 4.74 Å². The molecule has 76 valence electrons. The first-order chi connectivity index (χ1) is 6.77. The van der Waals surface area contributed by atoms with Gasteiger partial charge in [-0.25, -0.2) is 0 Å². The van der Waals surface area contributed by atoms with Crippen LogP contribution in [0.25, 0.3) is 6.08 Å². The summed E-state index contributed by atoms with van der Waals surface area (Å²) in [6, 6.07) is 5.64. The monoisotopic (exact) mass is 211 g/mol. The number of ether oxygens (including phenoxy) is 1. The van der Waals surface area contributed by atoms with Crippen LogP contribution >= 0.6 is 11.6 Å². The number of halogens is 1. The summed E-state index contributed by atoms with van der Waals surface area (Å²) in [4.78, 5) is 0. The van der Waals surface area contributed by atoms with Gasteiger partial charge >= 0.3 is 0 Å². The second kappa shape index (κ2) is 5.68. The largest absolute Gasteiger partial charge is 0.497 e. The van der Waals surface area contributed by atoms with Crippen LogP contribution in [0, 0.1) is 0 Å². The van der Waals surface area contributed by atoms with Crippen molar-refractivity contribution in [3.63, 3.8) is 0 Å². The second-order valence-corrected chi connectivity index (χ2v) is 3.25. The molecule has 0 radical (unpaired) electrons. The van der Waals surface area contributed by atoms with Crippen LogP contribution < -0.4 is 10.1 Å². The van der Waals surface area contributed by atoms with E-state index in [1.165, 1.54) is 0 Å². The first-order valence-corrected chi connectivity index (χ1v) is 4.80. The first-order valence-electron chi connectivity index (χ1n) is 4.42. The standard InChI is InChI=1S/C11H14ClNO/c1-13-7-3-4-9-5-6-10(14-2)8-11(9)12/h3-6,8,13H,7H2,1-2H3. The van der Waals surface area contributed by atoms with E-state index in [2.05, 4.69) is 5.32 Å². The summed E-state index contributed by atoms with van der Waals surface area (Å²) < 4.78 is 5.05. The minimum atomic E-state index is 0.705. The van der Waals surface area contributed by atoms with Gasteiger partial charge in [0.25, 0.3) is 0 Å². The molecular weight excluding hydrogens is 198 g/mol. The van der Waals surface area contributed by atoms with Crippen LogP contribution in [0.4, 0.5) is 0 Å². The fraction of sp³-hybridized carbons (Fsp3) is 0.273. The molecule has 0 atom stereocenters. The Bertz CT molecular complexity index is 323. The lowest BCUT2D eigenvalue weighted by atomic mass is 10.2. The molecule has 0 saturated carbocycles. The predicted octanol–water partition coefficient (Wildman–Crippen LogP) is 2.58. The first kappa shape index (κ1) is 11.1. The Balaban J connectivity index is 2.78. The molecule has 2 nitrogen and oxygen atoms in total. The molecule has 1 aromatic carbocycles. The van der Waals surface area contributed by atoms with Crippen LogP contribution in [0.2, 0.25) is 5.02 Å². The fourth-order valence-corrected chi connectivity index (χ4v) is 1.31. The highest BCUT2D eigenvalue weighted by Gasteiger charge is 1.97. The molecule has 3 heteroatoms. The summed E-state index contributed by atoms with van der Waals surface area (Å²) >= 11 is 6.04. The molecule has 14 heavy (non-hydrogen) atoms. The Morgan fingerprint density at radius 3 is 2.86 bits per heavy atom. The van der Waals surface area contributed by atoms with Gasteiger partial charge < -0.3 is 10.1 Å². The van der Waals surface area contributed by atoms with Crippen molar-refractivity contribution in [3.8, 4) is 5.75 Å². The van der Waals surface area contributed by atoms with Gasteiger partial charge in [0.1, 0.15) is 5.75 Å². The second-order valence-electron chi connectivity index (χ2n) is 2.85. The van der Waals surface area contributed by atoms with Crippen LogP contribution in [0.3, 0.4) is 0 Å². The maximum atomic E-state index is 6.04. The Labute approximate surface area is 89.5 Å². The van der Waals surface area contributed by atoms with Crippen molar-refractivity contribution in [2.75, 3.05) is 20.7 Å². The van der Waals surface area contributed by atoms with Crippen LogP contribution in [-0.2, 0) is 0 Å². The summed E-state index contributed by atoms with van der Waals surface area (Å²) in [5, 5.41) is 3.73. The molecule has 1 N–H and O–H groups in total. The topological polar surface area (TPSA) is 21.3 Å². The van der Waals surface area contributed by atoms with Gasteiger partial charge in [-0.15, -0.1) is 0 Å². The van der Waals surface area contributed by atoms with Gasteiger partial charge in [-0.3, -0.25) is 0 Å². The van der Waals surface area contributed by atoms with Gasteiger partial charge in [0.05, 0.1) is 12.1 Å². The summed E-state index contributed by atoms with van der Waals surface area (Å²) in [6.07, 6.45) is 4.01. The summed E-state index contributed by atoms with van der Waals surface area (Å²) in [7, 11) is 3.53. The molecule has 0 bridgehead atoms. The number of benzene rings is 1. The third-order valence-electron chi connectivity index (χ3n) is 1.83. The molecule has 0 spiro atoms. The van der Waals surface area contributed by atoms with Crippen molar-refractivity contribution in [2.45, 2.75) is 0 Å². The summed E-state index contributed by atoms with van der Waals surface area (Å²) in [5.41, 5.74) is 1.00. The predicted molar refractivity (Wildman–Crippen MR) is 61.0 cm³/mol. The van der Waals surface area contributed by atoms with Crippen molar-refractivity contribution in [1.29, 1.82) is 0 Å². The zero-order chi connectivity index (χ0) is 10.4. The smallest absolute Gasteiger partial charge is 0.120 e. The highest BCUT2D eigenvalue weighted by Crippen LogP contribution is 2.23. The normalized spacial score (nSPS) is 10.8. The van der Waals surface area contributed by atoms with Gasteiger partial charge in [-0.05, 0) is 30.8 Å². The van der Waals surface area contributed by atoms with Gasteiger partial charge in [0, 0.05) is 6.54 Å². The maximum absolute atomic E-state index is 6.04. The van der Waals surface area contributed by atoms with Crippen molar-refractivity contribution >= 4 is 17.7 Å². The number of rotatable bonds is 4. The molecule has 0 aliphatic heterocycles. The SMILES string of the molecule is CNCC=Cc1ccc(OC)cc1Cl. The van der Waals surface area contributed by atoms with Crippen LogP contribution in [0.1, 0.15) is 5.56 Å². The number of hydrogen-bond acceptors (Lipinski definition) is 2. The Hall–Kier alpha value is -0.990. The molecule has 0 aliphatic rings. The van der Waals surface area contributed by atoms with Gasteiger partial charge in [-0.2, -0.15) is 0 Å². The lowest BCUT2D eigenvalue weighted by Crippen LogP contribution is -2.03. The molecule has 1 aromatic rings. The van der Waals surface area contributed by atoms with E-state index in [1.807, 2.05) is 31.3 Å². The van der Waals surface area contributed by atoms with Crippen LogP contribution in [-0.4, -0.2) is 20.7 Å². The number of methoxy groups -OCH3 is 1. The zero-order valence-corrected chi connectivity index (χ0v) is 9.14. The number of likely N-dealkylation sites (N-methyl/N-ethyl adjacent to an activating group) is 1. The molecule has 0 aliphatic carbocycles. The van der Waals surface area contributed by atoms with E-state index in [1.54, 1.807) is 13.2 Å². The Morgan fingerprint density at radius 1 is 1.50 bits per heavy atom. The molecule has 0 aromatic heterocycles. The molecule has 1 rings (SSSR count). The highest BCUT2D eigenvalue weighted by atomic mass is 35.5. The average Bonchev–Trinajstić information content (AvgIpc) is 2.20. The van der Waals surface area contributed by atoms with E-state index in [0.717, 1.165) is 17.9 Å². The van der Waals surface area contributed by atoms with Crippen LogP contribution in [0.5, 0.6) is 5.75 Å². The number of nitrogens with one attached hydrogen (secondary N) is 1. The van der Waals surface area contributed by atoms with E-state index in [9.17, 15) is 0 Å². The van der Waals surface area contributed by atoms with Gasteiger partial charge in [-0.1, -0.05) is 23.8 Å². The molecule has 0 fully saturated rings. The van der Waals surface area contributed by atoms with Crippen molar-refractivity contribution in [1.82, 2.24) is 5.32 Å². The van der Waals surface area contributed by atoms with E-state index < -0.39 is 0 Å². The van der Waals surface area contributed by atoms with E-state index in [4.69, 9.17) is 16.3 Å². The van der Waals surface area contributed by atoms with Crippen LogP contribution in [0.15, 0.2) is 24.3 Å². The van der Waals surface area contributed by atoms with E-state index in [0.29, 0.717) is 5.02 Å². The van der Waals surface area contributed by atoms with Gasteiger partial charge in [0.2, 0.25) is 0 Å². The minimum Gasteiger partial charge on any atom is -0.497 e. The molecule has 0 heterocycles. The summed E-state index contributed by atoms with van der Waals surface area (Å²) in [5.74, 6) is 0.778. The molecule has 0 unspecified atom stereocenters. The third-order valence-corrected chi connectivity index (χ3v) is 2.15. The molecule has 0 amide bonds. The van der Waals surface area contributed by atoms with Crippen molar-refractivity contribution in [2.24, 2.45) is 0 Å². The Morgan fingerprint density at radius 2 is 2.29 bits per heavy atom. The van der Waals surface area contributed by atoms with Gasteiger partial charge in [0.15, 0.2) is 0 Å².